The summed E-state index contributed by atoms with van der Waals surface area (Å²) in [5, 5.41) is 6.66. The summed E-state index contributed by atoms with van der Waals surface area (Å²) in [5.41, 5.74) is 1.39. The lowest BCUT2D eigenvalue weighted by Crippen LogP contribution is -2.26. The van der Waals surface area contributed by atoms with Crippen molar-refractivity contribution in [3.05, 3.63) is 41.1 Å². The van der Waals surface area contributed by atoms with Crippen molar-refractivity contribution in [1.82, 2.24) is 15.1 Å². The third kappa shape index (κ3) is 2.35. The van der Waals surface area contributed by atoms with Crippen molar-refractivity contribution >= 4 is 5.91 Å². The van der Waals surface area contributed by atoms with Crippen LogP contribution >= 0.6 is 0 Å². The van der Waals surface area contributed by atoms with E-state index in [9.17, 15) is 4.79 Å². The molecule has 20 heavy (non-hydrogen) atoms. The van der Waals surface area contributed by atoms with Crippen LogP contribution in [0.15, 0.2) is 22.7 Å². The highest BCUT2D eigenvalue weighted by Gasteiger charge is 2.36. The van der Waals surface area contributed by atoms with Gasteiger partial charge in [-0.2, -0.15) is 5.10 Å². The van der Waals surface area contributed by atoms with Gasteiger partial charge in [-0.3, -0.25) is 9.89 Å². The van der Waals surface area contributed by atoms with Gasteiger partial charge in [0, 0.05) is 18.7 Å². The number of carbonyl (C=O) groups excluding carboxylic acids is 1. The van der Waals surface area contributed by atoms with Crippen molar-refractivity contribution in [2.75, 3.05) is 7.05 Å². The van der Waals surface area contributed by atoms with Gasteiger partial charge in [0.25, 0.3) is 5.91 Å². The molecule has 2 unspecified atom stereocenters. The van der Waals surface area contributed by atoms with Crippen LogP contribution in [-0.2, 0) is 6.54 Å². The van der Waals surface area contributed by atoms with E-state index in [0.29, 0.717) is 18.0 Å². The van der Waals surface area contributed by atoms with Crippen molar-refractivity contribution < 1.29 is 9.21 Å². The Bertz CT molecular complexity index is 629. The van der Waals surface area contributed by atoms with Crippen molar-refractivity contribution in [1.29, 1.82) is 0 Å². The predicted octanol–water partition coefficient (Wildman–Crippen LogP) is 2.71. The number of hydrogen-bond donors (Lipinski definition) is 1. The number of aryl methyl sites for hydroxylation is 1. The van der Waals surface area contributed by atoms with E-state index in [1.165, 1.54) is 6.42 Å². The third-order valence-corrected chi connectivity index (χ3v) is 3.96. The minimum absolute atomic E-state index is 0.0472. The first-order chi connectivity index (χ1) is 9.56. The number of amides is 1. The summed E-state index contributed by atoms with van der Waals surface area (Å²) in [4.78, 5) is 13.9. The highest BCUT2D eigenvalue weighted by Crippen LogP contribution is 2.47. The molecule has 5 heteroatoms. The van der Waals surface area contributed by atoms with Gasteiger partial charge >= 0.3 is 0 Å². The fraction of sp³-hybridized carbons (Fsp3) is 0.467. The molecule has 0 bridgehead atoms. The molecule has 5 nitrogen and oxygen atoms in total. The quantitative estimate of drug-likeness (QED) is 0.931. The molecule has 0 saturated heterocycles. The van der Waals surface area contributed by atoms with Gasteiger partial charge in [0.05, 0.1) is 18.3 Å². The summed E-state index contributed by atoms with van der Waals surface area (Å²) < 4.78 is 5.83. The largest absolute Gasteiger partial charge is 0.464 e. The average molecular weight is 273 g/mol. The lowest BCUT2D eigenvalue weighted by molar-refractivity contribution is 0.0774. The van der Waals surface area contributed by atoms with Crippen LogP contribution in [0.4, 0.5) is 0 Å². The molecule has 1 amide bonds. The van der Waals surface area contributed by atoms with E-state index in [1.807, 2.05) is 19.1 Å². The summed E-state index contributed by atoms with van der Waals surface area (Å²) in [5.74, 6) is 3.13. The Labute approximate surface area is 118 Å². The summed E-state index contributed by atoms with van der Waals surface area (Å²) in [6.45, 7) is 4.54. The van der Waals surface area contributed by atoms with Crippen molar-refractivity contribution in [3.63, 3.8) is 0 Å². The van der Waals surface area contributed by atoms with Crippen LogP contribution in [0.25, 0.3) is 0 Å². The summed E-state index contributed by atoms with van der Waals surface area (Å²) in [6.07, 6.45) is 2.77. The van der Waals surface area contributed by atoms with Crippen LogP contribution < -0.4 is 0 Å². The molecule has 2 atom stereocenters. The van der Waals surface area contributed by atoms with E-state index in [-0.39, 0.29) is 5.91 Å². The minimum atomic E-state index is -0.0472. The lowest BCUT2D eigenvalue weighted by atomic mass is 10.2. The van der Waals surface area contributed by atoms with Crippen LogP contribution in [0.3, 0.4) is 0 Å². The first kappa shape index (κ1) is 13.0. The van der Waals surface area contributed by atoms with E-state index in [2.05, 4.69) is 17.1 Å². The van der Waals surface area contributed by atoms with Crippen molar-refractivity contribution in [2.45, 2.75) is 32.7 Å². The Morgan fingerprint density at radius 1 is 1.55 bits per heavy atom. The molecule has 1 N–H and O–H groups in total. The molecule has 1 aliphatic carbocycles. The van der Waals surface area contributed by atoms with Gasteiger partial charge in [-0.05, 0) is 31.4 Å². The maximum absolute atomic E-state index is 12.3. The molecule has 2 aromatic rings. The van der Waals surface area contributed by atoms with Gasteiger partial charge in [0.1, 0.15) is 11.5 Å². The third-order valence-electron chi connectivity index (χ3n) is 3.96. The monoisotopic (exact) mass is 273 g/mol. The van der Waals surface area contributed by atoms with Crippen LogP contribution in [0.2, 0.25) is 0 Å². The number of aromatic amines is 1. The fourth-order valence-electron chi connectivity index (χ4n) is 2.47. The molecular formula is C15H19N3O2. The van der Waals surface area contributed by atoms with Gasteiger partial charge in [0.15, 0.2) is 0 Å². The number of nitrogens with zero attached hydrogens (tertiary/aromatic N) is 2. The first-order valence-corrected chi connectivity index (χ1v) is 6.90. The topological polar surface area (TPSA) is 62.1 Å². The van der Waals surface area contributed by atoms with E-state index in [0.717, 1.165) is 23.1 Å². The Balaban J connectivity index is 1.66. The van der Waals surface area contributed by atoms with Gasteiger partial charge in [0.2, 0.25) is 0 Å². The minimum Gasteiger partial charge on any atom is -0.464 e. The summed E-state index contributed by atoms with van der Waals surface area (Å²) >= 11 is 0. The standard InChI is InChI=1S/C15H19N3O2/c1-9-6-12(9)14-5-4-11(20-14)8-18(3)15(19)13-7-16-17-10(13)2/h4-5,7,9,12H,6,8H2,1-3H3,(H,16,17). The van der Waals surface area contributed by atoms with Crippen LogP contribution in [0, 0.1) is 12.8 Å². The number of nitrogens with one attached hydrogen (secondary N) is 1. The van der Waals surface area contributed by atoms with Crippen molar-refractivity contribution in [3.8, 4) is 0 Å². The molecule has 2 aromatic heterocycles. The first-order valence-electron chi connectivity index (χ1n) is 6.90. The Hall–Kier alpha value is -2.04. The second-order valence-corrected chi connectivity index (χ2v) is 5.69. The second kappa shape index (κ2) is 4.81. The molecule has 0 aromatic carbocycles. The predicted molar refractivity (Wildman–Crippen MR) is 74.4 cm³/mol. The number of hydrogen-bond acceptors (Lipinski definition) is 3. The molecule has 0 aliphatic heterocycles. The van der Waals surface area contributed by atoms with Crippen LogP contribution in [-0.4, -0.2) is 28.1 Å². The SMILES string of the molecule is Cc1[nH]ncc1C(=O)N(C)Cc1ccc(C2CC2C)o1. The van der Waals surface area contributed by atoms with E-state index in [4.69, 9.17) is 4.42 Å². The highest BCUT2D eigenvalue weighted by molar-refractivity contribution is 5.94. The highest BCUT2D eigenvalue weighted by atomic mass is 16.3. The molecule has 0 radical (unpaired) electrons. The molecule has 1 fully saturated rings. The Morgan fingerprint density at radius 2 is 2.30 bits per heavy atom. The average Bonchev–Trinajstić information content (AvgIpc) is 2.81. The second-order valence-electron chi connectivity index (χ2n) is 5.69. The van der Waals surface area contributed by atoms with E-state index >= 15 is 0 Å². The number of H-pyrrole nitrogens is 1. The van der Waals surface area contributed by atoms with E-state index < -0.39 is 0 Å². The van der Waals surface area contributed by atoms with Gasteiger partial charge in [-0.1, -0.05) is 6.92 Å². The Morgan fingerprint density at radius 3 is 2.90 bits per heavy atom. The van der Waals surface area contributed by atoms with Crippen molar-refractivity contribution in [2.24, 2.45) is 5.92 Å². The maximum atomic E-state index is 12.3. The number of carbonyl (C=O) groups is 1. The molecule has 0 spiro atoms. The number of furan rings is 1. The molecule has 1 aliphatic rings. The maximum Gasteiger partial charge on any atom is 0.257 e. The van der Waals surface area contributed by atoms with E-state index in [1.54, 1.807) is 18.1 Å². The molecule has 3 rings (SSSR count). The zero-order valence-corrected chi connectivity index (χ0v) is 12.0. The number of rotatable bonds is 4. The fourth-order valence-corrected chi connectivity index (χ4v) is 2.47. The smallest absolute Gasteiger partial charge is 0.257 e. The molecule has 106 valence electrons. The molecule has 1 saturated carbocycles. The zero-order valence-electron chi connectivity index (χ0n) is 12.0. The zero-order chi connectivity index (χ0) is 14.3. The van der Waals surface area contributed by atoms with Gasteiger partial charge in [-0.25, -0.2) is 0 Å². The van der Waals surface area contributed by atoms with Gasteiger partial charge in [-0.15, -0.1) is 0 Å². The molecule has 2 heterocycles. The molecular weight excluding hydrogens is 254 g/mol. The van der Waals surface area contributed by atoms with Crippen LogP contribution in [0.5, 0.6) is 0 Å². The summed E-state index contributed by atoms with van der Waals surface area (Å²) in [6, 6.07) is 4.00. The Kier molecular flexibility index (Phi) is 3.12. The van der Waals surface area contributed by atoms with Crippen LogP contribution in [0.1, 0.15) is 46.8 Å². The van der Waals surface area contributed by atoms with Gasteiger partial charge < -0.3 is 9.32 Å². The normalized spacial score (nSPS) is 20.9. The lowest BCUT2D eigenvalue weighted by Gasteiger charge is -2.15. The number of aromatic nitrogens is 2. The summed E-state index contributed by atoms with van der Waals surface area (Å²) in [7, 11) is 1.77.